The first-order valence-electron chi connectivity index (χ1n) is 12.5. The Labute approximate surface area is 208 Å². The van der Waals surface area contributed by atoms with Crippen LogP contribution in [-0.2, 0) is 4.79 Å². The fourth-order valence-electron chi connectivity index (χ4n) is 4.96. The van der Waals surface area contributed by atoms with Gasteiger partial charge in [0.2, 0.25) is 5.91 Å². The van der Waals surface area contributed by atoms with Crippen molar-refractivity contribution in [2.45, 2.75) is 58.0 Å². The predicted molar refractivity (Wildman–Crippen MR) is 141 cm³/mol. The quantitative estimate of drug-likeness (QED) is 0.341. The van der Waals surface area contributed by atoms with Crippen molar-refractivity contribution in [3.63, 3.8) is 0 Å². The van der Waals surface area contributed by atoms with E-state index >= 15 is 0 Å². The lowest BCUT2D eigenvalue weighted by atomic mass is 9.89. The van der Waals surface area contributed by atoms with Gasteiger partial charge in [-0.3, -0.25) is 9.59 Å². The normalized spacial score (nSPS) is 16.9. The Morgan fingerprint density at radius 2 is 1.71 bits per heavy atom. The van der Waals surface area contributed by atoms with Crippen LogP contribution in [0.4, 0.5) is 11.4 Å². The summed E-state index contributed by atoms with van der Waals surface area (Å²) < 4.78 is 5.34. The first-order valence-corrected chi connectivity index (χ1v) is 12.5. The number of hydrogen-bond acceptors (Lipinski definition) is 3. The van der Waals surface area contributed by atoms with E-state index < -0.39 is 0 Å². The smallest absolute Gasteiger partial charge is 0.258 e. The van der Waals surface area contributed by atoms with Gasteiger partial charge in [0.1, 0.15) is 5.75 Å². The van der Waals surface area contributed by atoms with Crippen LogP contribution in [0, 0.1) is 0 Å². The molecule has 4 rings (SSSR count). The van der Waals surface area contributed by atoms with Gasteiger partial charge in [-0.15, -0.1) is 0 Å². The van der Waals surface area contributed by atoms with Crippen LogP contribution in [0.15, 0.2) is 78.9 Å². The van der Waals surface area contributed by atoms with Crippen LogP contribution in [0.5, 0.6) is 5.75 Å². The van der Waals surface area contributed by atoms with Crippen LogP contribution in [0.2, 0.25) is 0 Å². The van der Waals surface area contributed by atoms with Gasteiger partial charge in [0, 0.05) is 29.4 Å². The van der Waals surface area contributed by atoms with Gasteiger partial charge in [-0.1, -0.05) is 62.2 Å². The molecular weight excluding hydrogens is 436 g/mol. The van der Waals surface area contributed by atoms with E-state index in [-0.39, 0.29) is 23.9 Å². The lowest BCUT2D eigenvalue weighted by Gasteiger charge is -2.43. The SMILES string of the molecule is CCCCCC(=O)N(c1ccccc1)[C@@H]1C[C@H](C)N(C(=O)c2cccc(OC)c2)c2ccccc21. The Bertz CT molecular complexity index is 1160. The summed E-state index contributed by atoms with van der Waals surface area (Å²) in [4.78, 5) is 31.1. The Balaban J connectivity index is 1.73. The molecule has 0 N–H and O–H groups in total. The first-order chi connectivity index (χ1) is 17.0. The number of nitrogens with zero attached hydrogens (tertiary/aromatic N) is 2. The van der Waals surface area contributed by atoms with Crippen LogP contribution < -0.4 is 14.5 Å². The molecule has 0 unspecified atom stereocenters. The Hall–Kier alpha value is -3.60. The third-order valence-electron chi connectivity index (χ3n) is 6.70. The highest BCUT2D eigenvalue weighted by Crippen LogP contribution is 2.43. The third kappa shape index (κ3) is 5.24. The highest BCUT2D eigenvalue weighted by Gasteiger charge is 2.38. The minimum absolute atomic E-state index is 0.0668. The molecule has 5 nitrogen and oxygen atoms in total. The lowest BCUT2D eigenvalue weighted by molar-refractivity contribution is -0.119. The summed E-state index contributed by atoms with van der Waals surface area (Å²) in [6.07, 6.45) is 4.16. The Morgan fingerprint density at radius 1 is 0.971 bits per heavy atom. The second kappa shape index (κ2) is 11.2. The van der Waals surface area contributed by atoms with E-state index in [1.165, 1.54) is 0 Å². The van der Waals surface area contributed by atoms with Crippen LogP contribution in [-0.4, -0.2) is 25.0 Å². The number of ether oxygens (including phenoxy) is 1. The van der Waals surface area contributed by atoms with Gasteiger partial charge < -0.3 is 14.5 Å². The van der Waals surface area contributed by atoms with Crippen LogP contribution in [0.3, 0.4) is 0 Å². The number of carbonyl (C=O) groups excluding carboxylic acids is 2. The summed E-state index contributed by atoms with van der Waals surface area (Å²) in [5, 5.41) is 0. The minimum Gasteiger partial charge on any atom is -0.497 e. The molecule has 0 saturated heterocycles. The van der Waals surface area contributed by atoms with Crippen molar-refractivity contribution in [2.24, 2.45) is 0 Å². The number of carbonyl (C=O) groups is 2. The molecule has 0 saturated carbocycles. The van der Waals surface area contributed by atoms with Crippen molar-refractivity contribution < 1.29 is 14.3 Å². The van der Waals surface area contributed by atoms with E-state index in [2.05, 4.69) is 13.8 Å². The third-order valence-corrected chi connectivity index (χ3v) is 6.70. The van der Waals surface area contributed by atoms with Gasteiger partial charge in [-0.2, -0.15) is 0 Å². The summed E-state index contributed by atoms with van der Waals surface area (Å²) in [7, 11) is 1.60. The monoisotopic (exact) mass is 470 g/mol. The number of methoxy groups -OCH3 is 1. The summed E-state index contributed by atoms with van der Waals surface area (Å²) in [5.41, 5.74) is 3.33. The molecule has 1 aliphatic heterocycles. The van der Waals surface area contributed by atoms with Crippen molar-refractivity contribution in [3.8, 4) is 5.75 Å². The average Bonchev–Trinajstić information content (AvgIpc) is 2.89. The molecule has 3 aromatic rings. The molecule has 0 aromatic heterocycles. The number of rotatable bonds is 8. The Kier molecular flexibility index (Phi) is 7.86. The zero-order chi connectivity index (χ0) is 24.8. The molecule has 1 aliphatic rings. The highest BCUT2D eigenvalue weighted by atomic mass is 16.5. The fraction of sp³-hybridized carbons (Fsp3) is 0.333. The van der Waals surface area contributed by atoms with Crippen LogP contribution >= 0.6 is 0 Å². The highest BCUT2D eigenvalue weighted by molar-refractivity contribution is 6.08. The molecule has 0 aliphatic carbocycles. The molecule has 3 aromatic carbocycles. The molecule has 1 heterocycles. The molecular formula is C30H34N2O3. The summed E-state index contributed by atoms with van der Waals surface area (Å²) in [5.74, 6) is 0.715. The standard InChI is InChI=1S/C30H34N2O3/c1-4-5-7-19-29(33)32(24-14-8-6-9-15-24)28-20-22(2)31(27-18-11-10-17-26(27)28)30(34)23-13-12-16-25(21-23)35-3/h6,8-18,21-22,28H,4-5,7,19-20H2,1-3H3/t22-,28+/m0/s1. The van der Waals surface area contributed by atoms with E-state index in [1.807, 2.05) is 82.6 Å². The number of fused-ring (bicyclic) bond motifs is 1. The second-order valence-corrected chi connectivity index (χ2v) is 9.12. The Morgan fingerprint density at radius 3 is 2.46 bits per heavy atom. The number of anilines is 2. The fourth-order valence-corrected chi connectivity index (χ4v) is 4.96. The molecule has 182 valence electrons. The molecule has 0 radical (unpaired) electrons. The predicted octanol–water partition coefficient (Wildman–Crippen LogP) is 6.79. The van der Waals surface area contributed by atoms with E-state index in [0.717, 1.165) is 36.2 Å². The number of benzene rings is 3. The van der Waals surface area contributed by atoms with Crippen molar-refractivity contribution in [1.29, 1.82) is 0 Å². The molecule has 2 atom stereocenters. The van der Waals surface area contributed by atoms with E-state index in [0.29, 0.717) is 24.2 Å². The van der Waals surface area contributed by atoms with Crippen molar-refractivity contribution in [2.75, 3.05) is 16.9 Å². The van der Waals surface area contributed by atoms with E-state index in [4.69, 9.17) is 4.74 Å². The molecule has 0 fully saturated rings. The van der Waals surface area contributed by atoms with Crippen molar-refractivity contribution in [1.82, 2.24) is 0 Å². The summed E-state index contributed by atoms with van der Waals surface area (Å²) in [6, 6.07) is 24.9. The maximum atomic E-state index is 13.7. The average molecular weight is 471 g/mol. The molecule has 0 bridgehead atoms. The second-order valence-electron chi connectivity index (χ2n) is 9.12. The van der Waals surface area contributed by atoms with Crippen molar-refractivity contribution in [3.05, 3.63) is 90.0 Å². The minimum atomic E-state index is -0.146. The number of unbranched alkanes of at least 4 members (excludes halogenated alkanes) is 2. The zero-order valence-corrected chi connectivity index (χ0v) is 20.8. The number of hydrogen-bond donors (Lipinski definition) is 0. The largest absolute Gasteiger partial charge is 0.497 e. The molecule has 2 amide bonds. The topological polar surface area (TPSA) is 49.9 Å². The summed E-state index contributed by atoms with van der Waals surface area (Å²) in [6.45, 7) is 4.21. The van der Waals surface area contributed by atoms with E-state index in [9.17, 15) is 9.59 Å². The van der Waals surface area contributed by atoms with Gasteiger partial charge in [-0.05, 0) is 61.7 Å². The lowest BCUT2D eigenvalue weighted by Crippen LogP contribution is -2.47. The van der Waals surface area contributed by atoms with Crippen LogP contribution in [0.25, 0.3) is 0 Å². The molecule has 0 spiro atoms. The van der Waals surface area contributed by atoms with Crippen LogP contribution in [0.1, 0.15) is 67.9 Å². The zero-order valence-electron chi connectivity index (χ0n) is 20.8. The number of para-hydroxylation sites is 2. The van der Waals surface area contributed by atoms with Gasteiger partial charge in [0.15, 0.2) is 0 Å². The van der Waals surface area contributed by atoms with Gasteiger partial charge in [0.25, 0.3) is 5.91 Å². The van der Waals surface area contributed by atoms with Crippen molar-refractivity contribution >= 4 is 23.2 Å². The maximum Gasteiger partial charge on any atom is 0.258 e. The molecule has 35 heavy (non-hydrogen) atoms. The molecule has 5 heteroatoms. The number of amides is 2. The van der Waals surface area contributed by atoms with Gasteiger partial charge >= 0.3 is 0 Å². The summed E-state index contributed by atoms with van der Waals surface area (Å²) >= 11 is 0. The van der Waals surface area contributed by atoms with E-state index in [1.54, 1.807) is 13.2 Å². The van der Waals surface area contributed by atoms with Gasteiger partial charge in [0.05, 0.1) is 13.2 Å². The maximum absolute atomic E-state index is 13.7. The first kappa shape index (κ1) is 24.5. The van der Waals surface area contributed by atoms with Gasteiger partial charge in [-0.25, -0.2) is 0 Å².